The summed E-state index contributed by atoms with van der Waals surface area (Å²) in [7, 11) is 4.24. The number of nitrogens with zero attached hydrogens (tertiary/aromatic N) is 2. The Kier molecular flexibility index (Phi) is 6.57. The lowest BCUT2D eigenvalue weighted by Crippen LogP contribution is -2.53. The van der Waals surface area contributed by atoms with E-state index in [0.29, 0.717) is 6.10 Å². The molecule has 0 aliphatic carbocycles. The zero-order chi connectivity index (χ0) is 13.6. The van der Waals surface area contributed by atoms with Gasteiger partial charge in [-0.05, 0) is 54.4 Å². The first-order valence-corrected chi connectivity index (χ1v) is 7.15. The van der Waals surface area contributed by atoms with Crippen LogP contribution >= 0.6 is 0 Å². The third-order valence-corrected chi connectivity index (χ3v) is 3.20. The fraction of sp³-hybridized carbons (Fsp3) is 1.00. The lowest BCUT2D eigenvalue weighted by molar-refractivity contribution is -0.128. The van der Waals surface area contributed by atoms with Gasteiger partial charge in [0.15, 0.2) is 0 Å². The Bertz CT molecular complexity index is 231. The minimum Gasteiger partial charge on any atom is -0.370 e. The lowest BCUT2D eigenvalue weighted by Gasteiger charge is -2.41. The van der Waals surface area contributed by atoms with Crippen molar-refractivity contribution in [2.45, 2.75) is 38.9 Å². The van der Waals surface area contributed by atoms with Crippen LogP contribution in [0.15, 0.2) is 0 Å². The molecule has 0 amide bonds. The summed E-state index contributed by atoms with van der Waals surface area (Å²) in [6.07, 6.45) is 1.57. The van der Waals surface area contributed by atoms with Crippen molar-refractivity contribution in [3.8, 4) is 0 Å². The van der Waals surface area contributed by atoms with Gasteiger partial charge in [0.2, 0.25) is 0 Å². The molecule has 1 unspecified atom stereocenters. The summed E-state index contributed by atoms with van der Waals surface area (Å²) in [4.78, 5) is 4.74. The molecule has 0 aromatic heterocycles. The second-order valence-corrected chi connectivity index (χ2v) is 6.33. The van der Waals surface area contributed by atoms with Crippen molar-refractivity contribution in [1.29, 1.82) is 0 Å². The number of hydrogen-bond acceptors (Lipinski definition) is 4. The van der Waals surface area contributed by atoms with Gasteiger partial charge in [-0.3, -0.25) is 4.90 Å². The minimum absolute atomic E-state index is 0.00257. The molecule has 1 aliphatic rings. The van der Waals surface area contributed by atoms with Gasteiger partial charge in [0.25, 0.3) is 0 Å². The number of morpholine rings is 1. The maximum atomic E-state index is 5.91. The molecule has 1 saturated heterocycles. The summed E-state index contributed by atoms with van der Waals surface area (Å²) in [5.74, 6) is 0. The topological polar surface area (TPSA) is 27.7 Å². The molecule has 1 aliphatic heterocycles. The van der Waals surface area contributed by atoms with E-state index in [4.69, 9.17) is 4.74 Å². The van der Waals surface area contributed by atoms with Crippen molar-refractivity contribution in [1.82, 2.24) is 15.1 Å². The summed E-state index contributed by atoms with van der Waals surface area (Å²) in [5, 5.41) is 3.52. The smallest absolute Gasteiger partial charge is 0.0757 e. The Morgan fingerprint density at radius 3 is 2.67 bits per heavy atom. The first kappa shape index (κ1) is 15.9. The summed E-state index contributed by atoms with van der Waals surface area (Å²) in [6, 6.07) is 0. The van der Waals surface area contributed by atoms with Gasteiger partial charge < -0.3 is 15.0 Å². The van der Waals surface area contributed by atoms with Crippen LogP contribution in [-0.4, -0.2) is 74.9 Å². The fourth-order valence-corrected chi connectivity index (χ4v) is 2.64. The number of nitrogens with one attached hydrogen (secondary N) is 1. The van der Waals surface area contributed by atoms with E-state index in [2.05, 4.69) is 50.0 Å². The summed E-state index contributed by atoms with van der Waals surface area (Å²) < 4.78 is 5.91. The highest BCUT2D eigenvalue weighted by Gasteiger charge is 2.30. The summed E-state index contributed by atoms with van der Waals surface area (Å²) >= 11 is 0. The average Bonchev–Trinajstić information content (AvgIpc) is 2.19. The summed E-state index contributed by atoms with van der Waals surface area (Å²) in [5.41, 5.74) is 0.00257. The quantitative estimate of drug-likeness (QED) is 0.689. The molecule has 0 spiro atoms. The first-order valence-electron chi connectivity index (χ1n) is 7.15. The van der Waals surface area contributed by atoms with Crippen LogP contribution in [-0.2, 0) is 4.74 Å². The SMILES string of the molecule is CC1CN(CCNCCCN(C)C)CC(C)(C)O1. The highest BCUT2D eigenvalue weighted by molar-refractivity contribution is 4.82. The van der Waals surface area contributed by atoms with Crippen molar-refractivity contribution >= 4 is 0 Å². The monoisotopic (exact) mass is 257 g/mol. The zero-order valence-electron chi connectivity index (χ0n) is 12.8. The minimum atomic E-state index is 0.00257. The van der Waals surface area contributed by atoms with Crippen molar-refractivity contribution in [3.05, 3.63) is 0 Å². The number of rotatable bonds is 7. The van der Waals surface area contributed by atoms with E-state index in [1.54, 1.807) is 0 Å². The molecule has 4 heteroatoms. The normalized spacial score (nSPS) is 24.7. The van der Waals surface area contributed by atoms with Crippen LogP contribution in [0.25, 0.3) is 0 Å². The van der Waals surface area contributed by atoms with E-state index < -0.39 is 0 Å². The van der Waals surface area contributed by atoms with Crippen LogP contribution in [0, 0.1) is 0 Å². The van der Waals surface area contributed by atoms with Gasteiger partial charge in [0.05, 0.1) is 11.7 Å². The summed E-state index contributed by atoms with van der Waals surface area (Å²) in [6.45, 7) is 13.1. The molecule has 0 saturated carbocycles. The van der Waals surface area contributed by atoms with Gasteiger partial charge in [-0.25, -0.2) is 0 Å². The second kappa shape index (κ2) is 7.43. The fourth-order valence-electron chi connectivity index (χ4n) is 2.64. The highest BCUT2D eigenvalue weighted by Crippen LogP contribution is 2.20. The Balaban J connectivity index is 2.08. The molecule has 1 rings (SSSR count). The standard InChI is InChI=1S/C14H31N3O/c1-13-11-17(12-14(2,3)18-13)10-8-15-7-6-9-16(4)5/h13,15H,6-12H2,1-5H3. The van der Waals surface area contributed by atoms with Crippen molar-refractivity contribution < 1.29 is 4.74 Å². The maximum absolute atomic E-state index is 5.91. The van der Waals surface area contributed by atoms with E-state index in [0.717, 1.165) is 39.3 Å². The van der Waals surface area contributed by atoms with Gasteiger partial charge in [-0.1, -0.05) is 0 Å². The lowest BCUT2D eigenvalue weighted by atomic mass is 10.1. The van der Waals surface area contributed by atoms with Gasteiger partial charge >= 0.3 is 0 Å². The van der Waals surface area contributed by atoms with Crippen molar-refractivity contribution in [3.63, 3.8) is 0 Å². The predicted molar refractivity (Wildman–Crippen MR) is 77.1 cm³/mol. The Labute approximate surface area is 113 Å². The van der Waals surface area contributed by atoms with Gasteiger partial charge in [-0.2, -0.15) is 0 Å². The van der Waals surface area contributed by atoms with Crippen LogP contribution < -0.4 is 5.32 Å². The predicted octanol–water partition coefficient (Wildman–Crippen LogP) is 1.03. The molecule has 0 bridgehead atoms. The van der Waals surface area contributed by atoms with Crippen molar-refractivity contribution in [2.24, 2.45) is 0 Å². The molecule has 0 aromatic carbocycles. The Hall–Kier alpha value is -0.160. The van der Waals surface area contributed by atoms with E-state index >= 15 is 0 Å². The first-order chi connectivity index (χ1) is 8.39. The third kappa shape index (κ3) is 6.69. The number of ether oxygens (including phenoxy) is 1. The molecule has 108 valence electrons. The van der Waals surface area contributed by atoms with Crippen LogP contribution in [0.5, 0.6) is 0 Å². The second-order valence-electron chi connectivity index (χ2n) is 6.33. The van der Waals surface area contributed by atoms with Crippen molar-refractivity contribution in [2.75, 3.05) is 53.4 Å². The molecule has 18 heavy (non-hydrogen) atoms. The zero-order valence-corrected chi connectivity index (χ0v) is 12.8. The molecule has 0 aromatic rings. The third-order valence-electron chi connectivity index (χ3n) is 3.20. The molecule has 0 radical (unpaired) electrons. The van der Waals surface area contributed by atoms with E-state index in [1.807, 2.05) is 0 Å². The maximum Gasteiger partial charge on any atom is 0.0757 e. The van der Waals surface area contributed by atoms with Crippen LogP contribution in [0.2, 0.25) is 0 Å². The highest BCUT2D eigenvalue weighted by atomic mass is 16.5. The molecule has 4 nitrogen and oxygen atoms in total. The van der Waals surface area contributed by atoms with Crippen LogP contribution in [0.1, 0.15) is 27.2 Å². The molecule has 1 heterocycles. The molecule has 1 fully saturated rings. The Morgan fingerprint density at radius 1 is 1.33 bits per heavy atom. The molecular weight excluding hydrogens is 226 g/mol. The van der Waals surface area contributed by atoms with Gasteiger partial charge in [-0.15, -0.1) is 0 Å². The molecule has 1 N–H and O–H groups in total. The Morgan fingerprint density at radius 2 is 2.06 bits per heavy atom. The van der Waals surface area contributed by atoms with Crippen LogP contribution in [0.4, 0.5) is 0 Å². The number of hydrogen-bond donors (Lipinski definition) is 1. The van der Waals surface area contributed by atoms with E-state index in [9.17, 15) is 0 Å². The molecule has 1 atom stereocenters. The van der Waals surface area contributed by atoms with Gasteiger partial charge in [0, 0.05) is 26.2 Å². The largest absolute Gasteiger partial charge is 0.370 e. The van der Waals surface area contributed by atoms with E-state index in [-0.39, 0.29) is 5.60 Å². The average molecular weight is 257 g/mol. The molecular formula is C14H31N3O. The van der Waals surface area contributed by atoms with Gasteiger partial charge in [0.1, 0.15) is 0 Å². The van der Waals surface area contributed by atoms with E-state index in [1.165, 1.54) is 6.42 Å². The van der Waals surface area contributed by atoms with Crippen LogP contribution in [0.3, 0.4) is 0 Å².